The van der Waals surface area contributed by atoms with Crippen LogP contribution in [0.3, 0.4) is 0 Å². The molecule has 0 atom stereocenters. The van der Waals surface area contributed by atoms with Crippen LogP contribution in [-0.2, 0) is 6.54 Å². The summed E-state index contributed by atoms with van der Waals surface area (Å²) in [7, 11) is 0. The van der Waals surface area contributed by atoms with Crippen LogP contribution in [0.4, 0.5) is 5.69 Å². The second-order valence-corrected chi connectivity index (χ2v) is 7.51. The van der Waals surface area contributed by atoms with Gasteiger partial charge in [0.1, 0.15) is 5.76 Å². The number of benzene rings is 2. The Morgan fingerprint density at radius 2 is 1.94 bits per heavy atom. The molecular formula is C24H24N4O4. The molecule has 4 rings (SSSR count). The molecule has 2 aromatic carbocycles. The number of aliphatic hydroxyl groups is 1. The summed E-state index contributed by atoms with van der Waals surface area (Å²) in [5.74, 6) is 0.223. The van der Waals surface area contributed by atoms with Gasteiger partial charge in [0, 0.05) is 46.9 Å². The molecule has 0 saturated carbocycles. The molecule has 0 fully saturated rings. The zero-order valence-corrected chi connectivity index (χ0v) is 17.9. The van der Waals surface area contributed by atoms with Gasteiger partial charge in [0.05, 0.1) is 17.8 Å². The van der Waals surface area contributed by atoms with E-state index in [9.17, 15) is 9.59 Å². The van der Waals surface area contributed by atoms with Gasteiger partial charge in [-0.15, -0.1) is 0 Å². The number of H-pyrrole nitrogens is 1. The van der Waals surface area contributed by atoms with E-state index in [1.807, 2.05) is 43.3 Å². The molecule has 164 valence electrons. The second-order valence-electron chi connectivity index (χ2n) is 7.51. The highest BCUT2D eigenvalue weighted by Crippen LogP contribution is 2.34. The monoisotopic (exact) mass is 432 g/mol. The summed E-state index contributed by atoms with van der Waals surface area (Å²) in [6.45, 7) is 4.08. The fourth-order valence-corrected chi connectivity index (χ4v) is 3.77. The molecular weight excluding hydrogens is 408 g/mol. The standard InChI is InChI=1S/C24H24N4O4/c1-14-23(15(2)32-28-14)17-10-19-20(26-13-16-6-4-3-5-7-16)12-22(30)27-21(19)11-18(17)24(31)25-8-9-29/h3-7,10-12,29H,8-9,13H2,1-2H3,(H,25,31)(H2,26,27,30). The minimum atomic E-state index is -0.362. The minimum absolute atomic E-state index is 0.118. The smallest absolute Gasteiger partial charge is 0.252 e. The van der Waals surface area contributed by atoms with Gasteiger partial charge in [-0.1, -0.05) is 35.5 Å². The summed E-state index contributed by atoms with van der Waals surface area (Å²) in [5, 5.41) is 19.9. The van der Waals surface area contributed by atoms with Gasteiger partial charge in [0.15, 0.2) is 0 Å². The number of aliphatic hydroxyl groups excluding tert-OH is 1. The van der Waals surface area contributed by atoms with Crippen LogP contribution in [0.15, 0.2) is 57.8 Å². The fourth-order valence-electron chi connectivity index (χ4n) is 3.77. The number of aryl methyl sites for hydroxylation is 2. The first-order valence-electron chi connectivity index (χ1n) is 10.3. The average Bonchev–Trinajstić information content (AvgIpc) is 3.13. The van der Waals surface area contributed by atoms with Crippen molar-refractivity contribution in [3.63, 3.8) is 0 Å². The Hall–Kier alpha value is -3.91. The number of nitrogens with zero attached hydrogens (tertiary/aromatic N) is 1. The number of carbonyl (C=O) groups excluding carboxylic acids is 1. The maximum atomic E-state index is 12.9. The van der Waals surface area contributed by atoms with Crippen LogP contribution in [0, 0.1) is 13.8 Å². The van der Waals surface area contributed by atoms with E-state index in [4.69, 9.17) is 9.63 Å². The van der Waals surface area contributed by atoms with Crippen molar-refractivity contribution in [3.8, 4) is 11.1 Å². The van der Waals surface area contributed by atoms with Crippen molar-refractivity contribution < 1.29 is 14.4 Å². The highest BCUT2D eigenvalue weighted by Gasteiger charge is 2.21. The number of hydrogen-bond acceptors (Lipinski definition) is 6. The number of rotatable bonds is 7. The Morgan fingerprint density at radius 3 is 2.62 bits per heavy atom. The highest BCUT2D eigenvalue weighted by atomic mass is 16.5. The zero-order chi connectivity index (χ0) is 22.7. The van der Waals surface area contributed by atoms with Crippen molar-refractivity contribution in [2.45, 2.75) is 20.4 Å². The number of amides is 1. The molecule has 4 N–H and O–H groups in total. The van der Waals surface area contributed by atoms with Gasteiger partial charge in [-0.25, -0.2) is 0 Å². The molecule has 4 aromatic rings. The molecule has 0 aliphatic heterocycles. The van der Waals surface area contributed by atoms with Crippen molar-refractivity contribution in [2.24, 2.45) is 0 Å². The number of fused-ring (bicyclic) bond motifs is 1. The Labute approximate surface area is 184 Å². The normalized spacial score (nSPS) is 11.0. The third kappa shape index (κ3) is 4.26. The number of nitrogens with one attached hydrogen (secondary N) is 3. The van der Waals surface area contributed by atoms with E-state index < -0.39 is 0 Å². The summed E-state index contributed by atoms with van der Waals surface area (Å²) < 4.78 is 5.34. The van der Waals surface area contributed by atoms with Gasteiger partial charge in [0.2, 0.25) is 5.56 Å². The average molecular weight is 432 g/mol. The second kappa shape index (κ2) is 9.07. The van der Waals surface area contributed by atoms with Crippen molar-refractivity contribution in [1.82, 2.24) is 15.5 Å². The van der Waals surface area contributed by atoms with E-state index in [1.165, 1.54) is 6.07 Å². The van der Waals surface area contributed by atoms with E-state index in [0.29, 0.717) is 40.3 Å². The van der Waals surface area contributed by atoms with Gasteiger partial charge in [0.25, 0.3) is 5.91 Å². The van der Waals surface area contributed by atoms with E-state index in [0.717, 1.165) is 16.5 Å². The first kappa shape index (κ1) is 21.3. The Morgan fingerprint density at radius 1 is 1.16 bits per heavy atom. The summed E-state index contributed by atoms with van der Waals surface area (Å²) in [6.07, 6.45) is 0. The molecule has 32 heavy (non-hydrogen) atoms. The third-order valence-corrected chi connectivity index (χ3v) is 5.25. The first-order chi connectivity index (χ1) is 15.5. The van der Waals surface area contributed by atoms with Gasteiger partial charge < -0.3 is 25.2 Å². The van der Waals surface area contributed by atoms with Gasteiger partial charge in [-0.2, -0.15) is 0 Å². The van der Waals surface area contributed by atoms with Crippen LogP contribution >= 0.6 is 0 Å². The molecule has 8 heteroatoms. The van der Waals surface area contributed by atoms with Gasteiger partial charge in [-0.05, 0) is 31.5 Å². The quantitative estimate of drug-likeness (QED) is 0.356. The Bertz CT molecular complexity index is 1310. The molecule has 8 nitrogen and oxygen atoms in total. The van der Waals surface area contributed by atoms with Crippen LogP contribution in [0.2, 0.25) is 0 Å². The van der Waals surface area contributed by atoms with E-state index in [1.54, 1.807) is 13.0 Å². The number of carbonyl (C=O) groups is 1. The lowest BCUT2D eigenvalue weighted by atomic mass is 9.95. The summed E-state index contributed by atoms with van der Waals surface area (Å²) in [5.41, 5.74) is 4.35. The zero-order valence-electron chi connectivity index (χ0n) is 17.9. The predicted octanol–water partition coefficient (Wildman–Crippen LogP) is 3.13. The molecule has 2 heterocycles. The number of anilines is 1. The third-order valence-electron chi connectivity index (χ3n) is 5.25. The highest BCUT2D eigenvalue weighted by molar-refractivity contribution is 6.07. The first-order valence-corrected chi connectivity index (χ1v) is 10.3. The van der Waals surface area contributed by atoms with Crippen LogP contribution in [0.5, 0.6) is 0 Å². The summed E-state index contributed by atoms with van der Waals surface area (Å²) in [6, 6.07) is 14.9. The predicted molar refractivity (Wildman–Crippen MR) is 123 cm³/mol. The molecule has 0 aliphatic rings. The maximum absolute atomic E-state index is 12.9. The molecule has 2 aromatic heterocycles. The lowest BCUT2D eigenvalue weighted by molar-refractivity contribution is 0.0945. The lowest BCUT2D eigenvalue weighted by Crippen LogP contribution is -2.27. The molecule has 0 spiro atoms. The molecule has 0 aliphatic carbocycles. The number of aromatic nitrogens is 2. The van der Waals surface area contributed by atoms with Crippen molar-refractivity contribution in [2.75, 3.05) is 18.5 Å². The van der Waals surface area contributed by atoms with Crippen LogP contribution in [0.1, 0.15) is 27.4 Å². The van der Waals surface area contributed by atoms with Crippen molar-refractivity contribution in [3.05, 3.63) is 81.5 Å². The number of aromatic amines is 1. The van der Waals surface area contributed by atoms with E-state index in [2.05, 4.69) is 20.8 Å². The summed E-state index contributed by atoms with van der Waals surface area (Å²) in [4.78, 5) is 28.0. The van der Waals surface area contributed by atoms with E-state index >= 15 is 0 Å². The van der Waals surface area contributed by atoms with Crippen LogP contribution in [0.25, 0.3) is 22.0 Å². The fraction of sp³-hybridized carbons (Fsp3) is 0.208. The molecule has 0 bridgehead atoms. The minimum Gasteiger partial charge on any atom is -0.395 e. The summed E-state index contributed by atoms with van der Waals surface area (Å²) >= 11 is 0. The maximum Gasteiger partial charge on any atom is 0.252 e. The molecule has 0 radical (unpaired) electrons. The van der Waals surface area contributed by atoms with Crippen molar-refractivity contribution >= 4 is 22.5 Å². The number of hydrogen-bond donors (Lipinski definition) is 4. The largest absolute Gasteiger partial charge is 0.395 e. The molecule has 0 unspecified atom stereocenters. The molecule has 0 saturated heterocycles. The van der Waals surface area contributed by atoms with Gasteiger partial charge >= 0.3 is 0 Å². The number of pyridine rings is 1. The lowest BCUT2D eigenvalue weighted by Gasteiger charge is -2.15. The van der Waals surface area contributed by atoms with Crippen molar-refractivity contribution in [1.29, 1.82) is 0 Å². The SMILES string of the molecule is Cc1noc(C)c1-c1cc2c(NCc3ccccc3)cc(=O)[nH]c2cc1C(=O)NCCO. The topological polar surface area (TPSA) is 120 Å². The Kier molecular flexibility index (Phi) is 6.04. The molecule has 1 amide bonds. The van der Waals surface area contributed by atoms with Crippen LogP contribution in [-0.4, -0.2) is 34.3 Å². The van der Waals surface area contributed by atoms with Crippen LogP contribution < -0.4 is 16.2 Å². The van der Waals surface area contributed by atoms with Gasteiger partial charge in [-0.3, -0.25) is 9.59 Å². The van der Waals surface area contributed by atoms with E-state index in [-0.39, 0.29) is 24.6 Å². The Balaban J connectivity index is 1.87.